The van der Waals surface area contributed by atoms with Crippen molar-refractivity contribution in [3.05, 3.63) is 30.3 Å². The van der Waals surface area contributed by atoms with Crippen molar-refractivity contribution in [1.82, 2.24) is 14.5 Å². The molecule has 2 unspecified atom stereocenters. The van der Waals surface area contributed by atoms with E-state index in [-0.39, 0.29) is 41.7 Å². The van der Waals surface area contributed by atoms with Crippen molar-refractivity contribution in [2.45, 2.75) is 52.9 Å². The highest BCUT2D eigenvalue weighted by Crippen LogP contribution is 2.64. The van der Waals surface area contributed by atoms with E-state index in [2.05, 4.69) is 15.5 Å². The highest BCUT2D eigenvalue weighted by molar-refractivity contribution is 7.89. The number of nitrogens with one attached hydrogen (secondary N) is 1. The third-order valence-electron chi connectivity index (χ3n) is 7.71. The second-order valence-electron chi connectivity index (χ2n) is 9.90. The number of anilines is 1. The van der Waals surface area contributed by atoms with Crippen LogP contribution in [0.25, 0.3) is 10.6 Å². The molecule has 2 aliphatic carbocycles. The van der Waals surface area contributed by atoms with Crippen molar-refractivity contribution in [2.24, 2.45) is 16.7 Å². The maximum Gasteiger partial charge on any atom is 0.227 e. The van der Waals surface area contributed by atoms with Crippen LogP contribution in [0.3, 0.4) is 0 Å². The molecule has 10 heteroatoms. The van der Waals surface area contributed by atoms with Crippen molar-refractivity contribution < 1.29 is 18.0 Å². The zero-order chi connectivity index (χ0) is 24.6. The van der Waals surface area contributed by atoms with Gasteiger partial charge in [0.25, 0.3) is 0 Å². The molecule has 2 fully saturated rings. The number of nitrogens with zero attached hydrogens (tertiary/aromatic N) is 3. The van der Waals surface area contributed by atoms with Gasteiger partial charge in [-0.2, -0.15) is 0 Å². The van der Waals surface area contributed by atoms with E-state index < -0.39 is 15.4 Å². The predicted octanol–water partition coefficient (Wildman–Crippen LogP) is 3.97. The summed E-state index contributed by atoms with van der Waals surface area (Å²) in [6.07, 6.45) is 2.64. The monoisotopic (exact) mass is 504 g/mol. The van der Waals surface area contributed by atoms with Gasteiger partial charge < -0.3 is 5.32 Å². The molecule has 1 aromatic heterocycles. The van der Waals surface area contributed by atoms with Crippen LogP contribution in [-0.4, -0.2) is 53.5 Å². The first-order chi connectivity index (χ1) is 16.1. The Kier molecular flexibility index (Phi) is 6.94. The minimum atomic E-state index is -3.71. The van der Waals surface area contributed by atoms with Gasteiger partial charge in [-0.1, -0.05) is 62.4 Å². The molecule has 0 aliphatic heterocycles. The van der Waals surface area contributed by atoms with Gasteiger partial charge in [0, 0.05) is 36.9 Å². The normalized spacial score (nSPS) is 23.5. The molecular formula is C24H32N4O4S2. The van der Waals surface area contributed by atoms with E-state index >= 15 is 0 Å². The van der Waals surface area contributed by atoms with Crippen LogP contribution in [0.1, 0.15) is 52.9 Å². The lowest BCUT2D eigenvalue weighted by molar-refractivity contribution is -0.128. The molecule has 2 atom stereocenters. The summed E-state index contributed by atoms with van der Waals surface area (Å²) in [5.74, 6) is -0.144. The SMILES string of the molecule is CCCN(CCC(=O)Nc1nnc(-c2ccccc2)s1)S(=O)(=O)CC12CCC(CC1=O)C2(C)C. The van der Waals surface area contributed by atoms with Crippen molar-refractivity contribution in [2.75, 3.05) is 24.2 Å². The van der Waals surface area contributed by atoms with Crippen LogP contribution < -0.4 is 5.32 Å². The number of benzene rings is 1. The Morgan fingerprint density at radius 2 is 1.94 bits per heavy atom. The largest absolute Gasteiger partial charge is 0.300 e. The molecule has 2 aromatic rings. The Hall–Kier alpha value is -2.17. The first-order valence-corrected chi connectivity index (χ1v) is 14.2. The minimum Gasteiger partial charge on any atom is -0.300 e. The number of aromatic nitrogens is 2. The van der Waals surface area contributed by atoms with Gasteiger partial charge in [0.1, 0.15) is 10.8 Å². The Balaban J connectivity index is 1.40. The molecule has 8 nitrogen and oxygen atoms in total. The van der Waals surface area contributed by atoms with E-state index in [9.17, 15) is 18.0 Å². The van der Waals surface area contributed by atoms with E-state index in [1.165, 1.54) is 15.6 Å². The van der Waals surface area contributed by atoms with Gasteiger partial charge in [-0.05, 0) is 30.6 Å². The molecule has 0 radical (unpaired) electrons. The smallest absolute Gasteiger partial charge is 0.227 e. The molecule has 1 amide bonds. The number of carbonyl (C=O) groups excluding carboxylic acids is 2. The Morgan fingerprint density at radius 3 is 2.56 bits per heavy atom. The molecule has 34 heavy (non-hydrogen) atoms. The number of sulfonamides is 1. The number of fused-ring (bicyclic) bond motifs is 2. The number of hydrogen-bond donors (Lipinski definition) is 1. The lowest BCUT2D eigenvalue weighted by Crippen LogP contribution is -2.47. The van der Waals surface area contributed by atoms with E-state index in [1.807, 2.05) is 51.1 Å². The van der Waals surface area contributed by atoms with Crippen LogP contribution in [0.15, 0.2) is 30.3 Å². The third-order valence-corrected chi connectivity index (χ3v) is 10.6. The summed E-state index contributed by atoms with van der Waals surface area (Å²) in [4.78, 5) is 25.4. The lowest BCUT2D eigenvalue weighted by Gasteiger charge is -2.37. The van der Waals surface area contributed by atoms with Crippen LogP contribution in [-0.2, 0) is 19.6 Å². The fourth-order valence-corrected chi connectivity index (χ4v) is 8.61. The average molecular weight is 505 g/mol. The zero-order valence-corrected chi connectivity index (χ0v) is 21.5. The number of Topliss-reactive ketones (excluding diaryl/α,β-unsaturated/α-hetero) is 1. The van der Waals surface area contributed by atoms with Crippen LogP contribution in [0.2, 0.25) is 0 Å². The van der Waals surface area contributed by atoms with E-state index in [1.54, 1.807) is 0 Å². The van der Waals surface area contributed by atoms with Crippen LogP contribution in [0.5, 0.6) is 0 Å². The van der Waals surface area contributed by atoms with Crippen molar-refractivity contribution in [3.8, 4) is 10.6 Å². The maximum atomic E-state index is 13.4. The number of carbonyl (C=O) groups is 2. The Morgan fingerprint density at radius 1 is 1.21 bits per heavy atom. The van der Waals surface area contributed by atoms with Crippen LogP contribution in [0.4, 0.5) is 5.13 Å². The van der Waals surface area contributed by atoms with Gasteiger partial charge in [0.15, 0.2) is 0 Å². The molecule has 0 saturated heterocycles. The molecule has 4 rings (SSSR count). The molecule has 1 aromatic carbocycles. The van der Waals surface area contributed by atoms with Crippen molar-refractivity contribution in [1.29, 1.82) is 0 Å². The average Bonchev–Trinajstić information content (AvgIpc) is 3.40. The summed E-state index contributed by atoms with van der Waals surface area (Å²) in [6, 6.07) is 9.56. The molecule has 2 bridgehead atoms. The predicted molar refractivity (Wildman–Crippen MR) is 133 cm³/mol. The minimum absolute atomic E-state index is 0.00639. The molecule has 1 heterocycles. The Labute approximate surface area is 205 Å². The number of amides is 1. The summed E-state index contributed by atoms with van der Waals surface area (Å²) in [5.41, 5.74) is -0.218. The summed E-state index contributed by atoms with van der Waals surface area (Å²) in [5, 5.41) is 12.0. The molecule has 2 aliphatic rings. The van der Waals surface area contributed by atoms with Gasteiger partial charge in [-0.25, -0.2) is 12.7 Å². The highest BCUT2D eigenvalue weighted by atomic mass is 32.2. The third kappa shape index (κ3) is 4.55. The first kappa shape index (κ1) is 24.9. The fourth-order valence-electron chi connectivity index (χ4n) is 5.53. The summed E-state index contributed by atoms with van der Waals surface area (Å²) < 4.78 is 28.3. The molecule has 2 saturated carbocycles. The zero-order valence-electron chi connectivity index (χ0n) is 19.9. The van der Waals surface area contributed by atoms with Gasteiger partial charge in [0.2, 0.25) is 21.1 Å². The van der Waals surface area contributed by atoms with Gasteiger partial charge in [-0.3, -0.25) is 9.59 Å². The van der Waals surface area contributed by atoms with E-state index in [0.29, 0.717) is 35.9 Å². The first-order valence-electron chi connectivity index (χ1n) is 11.8. The quantitative estimate of drug-likeness (QED) is 0.524. The molecule has 0 spiro atoms. The topological polar surface area (TPSA) is 109 Å². The standard InChI is InChI=1S/C24H32N4O4S2/c1-4-13-28(34(31,32)16-24-12-10-18(15-19(24)29)23(24,2)3)14-11-20(30)25-22-27-26-21(33-22)17-8-6-5-7-9-17/h5-9,18H,4,10-16H2,1-3H3,(H,25,27,30). The summed E-state index contributed by atoms with van der Waals surface area (Å²) in [7, 11) is -3.71. The highest BCUT2D eigenvalue weighted by Gasteiger charge is 2.65. The molecule has 184 valence electrons. The van der Waals surface area contributed by atoms with Gasteiger partial charge in [-0.15, -0.1) is 10.2 Å². The summed E-state index contributed by atoms with van der Waals surface area (Å²) >= 11 is 1.27. The molecular weight excluding hydrogens is 472 g/mol. The van der Waals surface area contributed by atoms with Crippen molar-refractivity contribution >= 4 is 38.2 Å². The maximum absolute atomic E-state index is 13.4. The number of hydrogen-bond acceptors (Lipinski definition) is 7. The lowest BCUT2D eigenvalue weighted by atomic mass is 9.70. The summed E-state index contributed by atoms with van der Waals surface area (Å²) in [6.45, 7) is 6.37. The fraction of sp³-hybridized carbons (Fsp3) is 0.583. The Bertz CT molecular complexity index is 1160. The van der Waals surface area contributed by atoms with E-state index in [4.69, 9.17) is 0 Å². The van der Waals surface area contributed by atoms with Crippen LogP contribution >= 0.6 is 11.3 Å². The number of rotatable bonds is 10. The molecule has 1 N–H and O–H groups in total. The second kappa shape index (κ2) is 9.47. The van der Waals surface area contributed by atoms with Crippen LogP contribution in [0, 0.1) is 16.7 Å². The van der Waals surface area contributed by atoms with E-state index in [0.717, 1.165) is 12.0 Å². The van der Waals surface area contributed by atoms with Gasteiger partial charge in [0.05, 0.1) is 5.75 Å². The van der Waals surface area contributed by atoms with Crippen molar-refractivity contribution in [3.63, 3.8) is 0 Å². The number of ketones is 1. The van der Waals surface area contributed by atoms with Gasteiger partial charge >= 0.3 is 0 Å². The second-order valence-corrected chi connectivity index (χ2v) is 12.8.